The van der Waals surface area contributed by atoms with Crippen LogP contribution < -0.4 is 17.0 Å². The summed E-state index contributed by atoms with van der Waals surface area (Å²) in [7, 11) is 1.40. The molecule has 8 nitrogen and oxygen atoms in total. The van der Waals surface area contributed by atoms with Gasteiger partial charge in [-0.05, 0) is 0 Å². The summed E-state index contributed by atoms with van der Waals surface area (Å²) in [6.45, 7) is 0.107. The Bertz CT molecular complexity index is 525. The van der Waals surface area contributed by atoms with E-state index in [1.807, 2.05) is 0 Å². The fraction of sp³-hybridized carbons (Fsp3) is 0.600. The van der Waals surface area contributed by atoms with Crippen molar-refractivity contribution >= 4 is 0 Å². The van der Waals surface area contributed by atoms with Crippen molar-refractivity contribution < 1.29 is 14.6 Å². The van der Waals surface area contributed by atoms with E-state index >= 15 is 0 Å². The number of nitrogens with zero attached hydrogens (tertiary/aromatic N) is 1. The van der Waals surface area contributed by atoms with Crippen molar-refractivity contribution in [3.8, 4) is 0 Å². The number of aromatic amines is 1. The Hall–Kier alpha value is -1.48. The standard InChI is InChI=1S/C10H15N3O5/c1-17-8-7(15)5(4-11)18-9(8)13-3-2-6(14)12-10(13)16/h2-3,5,7-9,15H,4,11H2,1H3,(H,12,14,16)/t5-,7?,8?,9-/m0/s1. The normalized spacial score (nSPS) is 31.7. The van der Waals surface area contributed by atoms with Crippen LogP contribution in [0.5, 0.6) is 0 Å². The first-order valence-electron chi connectivity index (χ1n) is 5.46. The minimum Gasteiger partial charge on any atom is -0.387 e. The highest BCUT2D eigenvalue weighted by atomic mass is 16.6. The summed E-state index contributed by atoms with van der Waals surface area (Å²) in [6, 6.07) is 1.19. The smallest absolute Gasteiger partial charge is 0.330 e. The quantitative estimate of drug-likeness (QED) is 0.563. The topological polar surface area (TPSA) is 120 Å². The molecule has 4 atom stereocenters. The van der Waals surface area contributed by atoms with Gasteiger partial charge in [0.2, 0.25) is 0 Å². The van der Waals surface area contributed by atoms with Gasteiger partial charge in [-0.3, -0.25) is 14.3 Å². The van der Waals surface area contributed by atoms with Gasteiger partial charge >= 0.3 is 5.69 Å². The molecule has 0 spiro atoms. The molecule has 100 valence electrons. The van der Waals surface area contributed by atoms with Crippen LogP contribution in [0.25, 0.3) is 0 Å². The van der Waals surface area contributed by atoms with Crippen molar-refractivity contribution in [3.63, 3.8) is 0 Å². The van der Waals surface area contributed by atoms with Gasteiger partial charge in [-0.1, -0.05) is 0 Å². The number of hydrogen-bond donors (Lipinski definition) is 3. The van der Waals surface area contributed by atoms with Crippen LogP contribution in [0.15, 0.2) is 21.9 Å². The fourth-order valence-corrected chi connectivity index (χ4v) is 2.02. The third kappa shape index (κ3) is 2.10. The van der Waals surface area contributed by atoms with Gasteiger partial charge in [0.15, 0.2) is 6.23 Å². The summed E-state index contributed by atoms with van der Waals surface area (Å²) >= 11 is 0. The highest BCUT2D eigenvalue weighted by molar-refractivity contribution is 4.94. The van der Waals surface area contributed by atoms with Crippen LogP contribution in [0.2, 0.25) is 0 Å². The summed E-state index contributed by atoms with van der Waals surface area (Å²) in [5.74, 6) is 0. The van der Waals surface area contributed by atoms with Crippen LogP contribution in [0, 0.1) is 0 Å². The first-order valence-corrected chi connectivity index (χ1v) is 5.46. The zero-order chi connectivity index (χ0) is 13.3. The van der Waals surface area contributed by atoms with E-state index in [0.29, 0.717) is 0 Å². The van der Waals surface area contributed by atoms with E-state index in [1.165, 1.54) is 19.4 Å². The highest BCUT2D eigenvalue weighted by Crippen LogP contribution is 2.29. The first-order chi connectivity index (χ1) is 8.58. The number of hydrogen-bond acceptors (Lipinski definition) is 6. The average molecular weight is 257 g/mol. The van der Waals surface area contributed by atoms with Crippen LogP contribution >= 0.6 is 0 Å². The predicted molar refractivity (Wildman–Crippen MR) is 61.1 cm³/mol. The van der Waals surface area contributed by atoms with Crippen LogP contribution in [0.4, 0.5) is 0 Å². The number of methoxy groups -OCH3 is 1. The molecule has 0 saturated carbocycles. The lowest BCUT2D eigenvalue weighted by Crippen LogP contribution is -2.39. The molecule has 8 heteroatoms. The summed E-state index contributed by atoms with van der Waals surface area (Å²) in [6.07, 6.45) is -1.78. The molecule has 1 aliphatic rings. The average Bonchev–Trinajstić information content (AvgIpc) is 2.65. The van der Waals surface area contributed by atoms with Crippen LogP contribution in [0.1, 0.15) is 6.23 Å². The lowest BCUT2D eigenvalue weighted by atomic mass is 10.1. The Morgan fingerprint density at radius 3 is 2.89 bits per heavy atom. The van der Waals surface area contributed by atoms with Crippen molar-refractivity contribution in [3.05, 3.63) is 33.1 Å². The maximum atomic E-state index is 11.6. The van der Waals surface area contributed by atoms with E-state index in [-0.39, 0.29) is 6.54 Å². The van der Waals surface area contributed by atoms with Gasteiger partial charge in [-0.25, -0.2) is 4.79 Å². The van der Waals surface area contributed by atoms with E-state index in [0.717, 1.165) is 4.57 Å². The number of nitrogens with two attached hydrogens (primary N) is 1. The molecule has 0 aliphatic carbocycles. The minimum atomic E-state index is -0.927. The zero-order valence-electron chi connectivity index (χ0n) is 9.78. The molecule has 4 N–H and O–H groups in total. The molecule has 18 heavy (non-hydrogen) atoms. The number of ether oxygens (including phenoxy) is 2. The van der Waals surface area contributed by atoms with Crippen molar-refractivity contribution in [2.24, 2.45) is 5.73 Å². The van der Waals surface area contributed by atoms with E-state index in [2.05, 4.69) is 4.98 Å². The molecular weight excluding hydrogens is 242 g/mol. The number of aliphatic hydroxyl groups is 1. The lowest BCUT2D eigenvalue weighted by molar-refractivity contribution is -0.0526. The van der Waals surface area contributed by atoms with Gasteiger partial charge in [0.1, 0.15) is 18.3 Å². The number of H-pyrrole nitrogens is 1. The van der Waals surface area contributed by atoms with Gasteiger partial charge in [0.05, 0.1) is 0 Å². The second-order valence-electron chi connectivity index (χ2n) is 4.01. The van der Waals surface area contributed by atoms with E-state index in [4.69, 9.17) is 15.2 Å². The van der Waals surface area contributed by atoms with Crippen LogP contribution in [0.3, 0.4) is 0 Å². The largest absolute Gasteiger partial charge is 0.387 e. The van der Waals surface area contributed by atoms with Gasteiger partial charge < -0.3 is 20.3 Å². The maximum absolute atomic E-state index is 11.6. The molecule has 0 amide bonds. The SMILES string of the molecule is COC1C(O)[C@H](CN)O[C@@H]1n1ccc(=O)[nH]c1=O. The zero-order valence-corrected chi connectivity index (χ0v) is 9.78. The van der Waals surface area contributed by atoms with Gasteiger partial charge in [-0.15, -0.1) is 0 Å². The summed E-state index contributed by atoms with van der Waals surface area (Å²) in [5.41, 5.74) is 4.33. The number of aliphatic hydroxyl groups excluding tert-OH is 1. The van der Waals surface area contributed by atoms with E-state index in [9.17, 15) is 14.7 Å². The molecule has 1 saturated heterocycles. The van der Waals surface area contributed by atoms with Gasteiger partial charge in [0.25, 0.3) is 5.56 Å². The first kappa shape index (κ1) is 13.0. The second-order valence-corrected chi connectivity index (χ2v) is 4.01. The highest BCUT2D eigenvalue weighted by Gasteiger charge is 2.44. The van der Waals surface area contributed by atoms with Crippen molar-refractivity contribution in [2.75, 3.05) is 13.7 Å². The lowest BCUT2D eigenvalue weighted by Gasteiger charge is -2.19. The Morgan fingerprint density at radius 1 is 1.61 bits per heavy atom. The third-order valence-corrected chi connectivity index (χ3v) is 2.94. The van der Waals surface area contributed by atoms with E-state index in [1.54, 1.807) is 0 Å². The fourth-order valence-electron chi connectivity index (χ4n) is 2.02. The Labute approximate surface area is 102 Å². The third-order valence-electron chi connectivity index (χ3n) is 2.94. The van der Waals surface area contributed by atoms with Gasteiger partial charge in [-0.2, -0.15) is 0 Å². The summed E-state index contributed by atoms with van der Waals surface area (Å²) < 4.78 is 11.8. The van der Waals surface area contributed by atoms with Crippen molar-refractivity contribution in [2.45, 2.75) is 24.5 Å². The molecular formula is C10H15N3O5. The molecule has 2 heterocycles. The summed E-state index contributed by atoms with van der Waals surface area (Å²) in [5, 5.41) is 9.91. The number of aromatic nitrogens is 2. The van der Waals surface area contributed by atoms with Crippen LogP contribution in [-0.2, 0) is 9.47 Å². The predicted octanol–water partition coefficient (Wildman–Crippen LogP) is -2.23. The van der Waals surface area contributed by atoms with Gasteiger partial charge in [0, 0.05) is 25.9 Å². The number of nitrogens with one attached hydrogen (secondary N) is 1. The monoisotopic (exact) mass is 257 g/mol. The Morgan fingerprint density at radius 2 is 2.33 bits per heavy atom. The molecule has 2 unspecified atom stereocenters. The molecule has 0 aromatic carbocycles. The maximum Gasteiger partial charge on any atom is 0.330 e. The molecule has 0 bridgehead atoms. The molecule has 1 aromatic rings. The molecule has 1 aliphatic heterocycles. The van der Waals surface area contributed by atoms with E-state index < -0.39 is 35.8 Å². The summed E-state index contributed by atoms with van der Waals surface area (Å²) in [4.78, 5) is 24.7. The Balaban J connectivity index is 2.38. The second kappa shape index (κ2) is 5.02. The Kier molecular flexibility index (Phi) is 3.62. The van der Waals surface area contributed by atoms with Crippen molar-refractivity contribution in [1.29, 1.82) is 0 Å². The molecule has 1 aromatic heterocycles. The van der Waals surface area contributed by atoms with Crippen molar-refractivity contribution in [1.82, 2.24) is 9.55 Å². The molecule has 1 fully saturated rings. The minimum absolute atomic E-state index is 0.107. The molecule has 2 rings (SSSR count). The van der Waals surface area contributed by atoms with Crippen LogP contribution in [-0.4, -0.2) is 46.6 Å². The molecule has 0 radical (unpaired) electrons. The number of rotatable bonds is 3.